The summed E-state index contributed by atoms with van der Waals surface area (Å²) in [5.74, 6) is -0.301. The second-order valence-electron chi connectivity index (χ2n) is 5.05. The number of benzene rings is 1. The van der Waals surface area contributed by atoms with Crippen LogP contribution in [0, 0.1) is 0 Å². The van der Waals surface area contributed by atoms with E-state index in [9.17, 15) is 9.59 Å². The summed E-state index contributed by atoms with van der Waals surface area (Å²) in [4.78, 5) is 25.5. The summed E-state index contributed by atoms with van der Waals surface area (Å²) in [6.45, 7) is 3.25. The molecule has 0 aliphatic rings. The van der Waals surface area contributed by atoms with Crippen LogP contribution in [0.2, 0.25) is 0 Å². The molecule has 1 aromatic carbocycles. The van der Waals surface area contributed by atoms with Crippen LogP contribution in [-0.4, -0.2) is 37.0 Å². The van der Waals surface area contributed by atoms with E-state index >= 15 is 0 Å². The van der Waals surface area contributed by atoms with Crippen molar-refractivity contribution < 1.29 is 14.3 Å². The monoisotopic (exact) mass is 291 g/mol. The van der Waals surface area contributed by atoms with Crippen LogP contribution in [0.25, 0.3) is 0 Å². The molecule has 4 nitrogen and oxygen atoms in total. The van der Waals surface area contributed by atoms with Gasteiger partial charge < -0.3 is 9.64 Å². The molecule has 1 aromatic rings. The lowest BCUT2D eigenvalue weighted by Gasteiger charge is -2.22. The average Bonchev–Trinajstić information content (AvgIpc) is 2.54. The summed E-state index contributed by atoms with van der Waals surface area (Å²) in [7, 11) is 1.37. The molecule has 0 bridgehead atoms. The summed E-state index contributed by atoms with van der Waals surface area (Å²) in [5, 5.41) is 0. The highest BCUT2D eigenvalue weighted by atomic mass is 16.5. The third-order valence-corrected chi connectivity index (χ3v) is 3.40. The Balaban J connectivity index is 2.61. The summed E-state index contributed by atoms with van der Waals surface area (Å²) in [5.41, 5.74) is 0.665. The molecule has 4 heteroatoms. The Morgan fingerprint density at radius 3 is 2.38 bits per heavy atom. The summed E-state index contributed by atoms with van der Waals surface area (Å²) in [6.07, 6.45) is 4.64. The van der Waals surface area contributed by atoms with Crippen LogP contribution in [-0.2, 0) is 9.53 Å². The quantitative estimate of drug-likeness (QED) is 0.518. The molecule has 1 rings (SSSR count). The Morgan fingerprint density at radius 2 is 1.76 bits per heavy atom. The molecule has 0 atom stereocenters. The van der Waals surface area contributed by atoms with Crippen molar-refractivity contribution >= 4 is 11.9 Å². The Bertz CT molecular complexity index is 431. The molecule has 0 unspecified atom stereocenters. The second kappa shape index (κ2) is 9.97. The molecule has 0 saturated carbocycles. The van der Waals surface area contributed by atoms with Crippen LogP contribution in [0.15, 0.2) is 30.3 Å². The Hall–Kier alpha value is -1.84. The summed E-state index contributed by atoms with van der Waals surface area (Å²) >= 11 is 0. The summed E-state index contributed by atoms with van der Waals surface area (Å²) < 4.78 is 4.65. The van der Waals surface area contributed by atoms with Crippen molar-refractivity contribution in [2.24, 2.45) is 0 Å². The molecular weight excluding hydrogens is 266 g/mol. The van der Waals surface area contributed by atoms with Gasteiger partial charge in [-0.25, -0.2) is 0 Å². The molecule has 116 valence electrons. The van der Waals surface area contributed by atoms with E-state index in [-0.39, 0.29) is 18.3 Å². The molecule has 0 saturated heterocycles. The van der Waals surface area contributed by atoms with Gasteiger partial charge in [-0.2, -0.15) is 0 Å². The molecule has 0 spiro atoms. The van der Waals surface area contributed by atoms with Gasteiger partial charge in [-0.3, -0.25) is 9.59 Å². The Labute approximate surface area is 127 Å². The van der Waals surface area contributed by atoms with Gasteiger partial charge in [0.15, 0.2) is 0 Å². The topological polar surface area (TPSA) is 46.6 Å². The number of hydrogen-bond donors (Lipinski definition) is 0. The Kier molecular flexibility index (Phi) is 8.17. The average molecular weight is 291 g/mol. The molecular formula is C17H25NO3. The molecule has 0 aromatic heterocycles. The van der Waals surface area contributed by atoms with Gasteiger partial charge in [-0.05, 0) is 18.6 Å². The number of rotatable bonds is 9. The van der Waals surface area contributed by atoms with Crippen LogP contribution in [0.3, 0.4) is 0 Å². The predicted octanol–water partition coefficient (Wildman–Crippen LogP) is 3.27. The zero-order valence-corrected chi connectivity index (χ0v) is 13.0. The molecule has 0 fully saturated rings. The van der Waals surface area contributed by atoms with E-state index in [1.165, 1.54) is 13.5 Å². The highest BCUT2D eigenvalue weighted by Gasteiger charge is 2.16. The molecule has 0 N–H and O–H groups in total. The number of unbranched alkanes of at least 4 members (excludes halogenated alkanes) is 3. The number of carbonyl (C=O) groups excluding carboxylic acids is 2. The van der Waals surface area contributed by atoms with Crippen LogP contribution >= 0.6 is 0 Å². The van der Waals surface area contributed by atoms with Gasteiger partial charge in [0.2, 0.25) is 0 Å². The number of ether oxygens (including phenoxy) is 1. The third-order valence-electron chi connectivity index (χ3n) is 3.40. The van der Waals surface area contributed by atoms with Gasteiger partial charge in [0.25, 0.3) is 5.91 Å². The molecule has 0 heterocycles. The summed E-state index contributed by atoms with van der Waals surface area (Å²) in [6, 6.07) is 9.20. The van der Waals surface area contributed by atoms with Crippen LogP contribution in [0.5, 0.6) is 0 Å². The maximum Gasteiger partial charge on any atom is 0.307 e. The van der Waals surface area contributed by atoms with E-state index in [2.05, 4.69) is 11.7 Å². The van der Waals surface area contributed by atoms with Gasteiger partial charge in [-0.15, -0.1) is 0 Å². The normalized spacial score (nSPS) is 10.2. The van der Waals surface area contributed by atoms with Crippen LogP contribution < -0.4 is 0 Å². The second-order valence-corrected chi connectivity index (χ2v) is 5.05. The van der Waals surface area contributed by atoms with Crippen molar-refractivity contribution in [3.8, 4) is 0 Å². The molecule has 1 amide bonds. The van der Waals surface area contributed by atoms with Crippen molar-refractivity contribution in [2.75, 3.05) is 20.2 Å². The zero-order chi connectivity index (χ0) is 15.5. The smallest absolute Gasteiger partial charge is 0.307 e. The number of methoxy groups -OCH3 is 1. The van der Waals surface area contributed by atoms with Gasteiger partial charge in [-0.1, -0.05) is 44.4 Å². The lowest BCUT2D eigenvalue weighted by Crippen LogP contribution is -2.34. The minimum absolute atomic E-state index is 0.0176. The lowest BCUT2D eigenvalue weighted by molar-refractivity contribution is -0.140. The van der Waals surface area contributed by atoms with Gasteiger partial charge >= 0.3 is 5.97 Å². The van der Waals surface area contributed by atoms with E-state index in [1.807, 2.05) is 18.2 Å². The first-order chi connectivity index (χ1) is 10.2. The predicted molar refractivity (Wildman–Crippen MR) is 83.1 cm³/mol. The zero-order valence-electron chi connectivity index (χ0n) is 13.0. The lowest BCUT2D eigenvalue weighted by atomic mass is 10.1. The first-order valence-corrected chi connectivity index (χ1v) is 7.60. The van der Waals surface area contributed by atoms with E-state index in [0.717, 1.165) is 19.3 Å². The minimum atomic E-state index is -0.283. The molecule has 21 heavy (non-hydrogen) atoms. The standard InChI is InChI=1S/C17H25NO3/c1-3-4-5-9-13-18(14-12-16(19)21-2)17(20)15-10-7-6-8-11-15/h6-8,10-11H,3-5,9,12-14H2,1-2H3. The fraction of sp³-hybridized carbons (Fsp3) is 0.529. The molecule has 0 radical (unpaired) electrons. The molecule has 0 aliphatic carbocycles. The fourth-order valence-electron chi connectivity index (χ4n) is 2.14. The highest BCUT2D eigenvalue weighted by Crippen LogP contribution is 2.09. The van der Waals surface area contributed by atoms with Crippen molar-refractivity contribution in [3.05, 3.63) is 35.9 Å². The van der Waals surface area contributed by atoms with Crippen molar-refractivity contribution in [2.45, 2.75) is 39.0 Å². The van der Waals surface area contributed by atoms with Gasteiger partial charge in [0, 0.05) is 18.7 Å². The first kappa shape index (κ1) is 17.2. The number of nitrogens with zero attached hydrogens (tertiary/aromatic N) is 1. The van der Waals surface area contributed by atoms with Gasteiger partial charge in [0.05, 0.1) is 13.5 Å². The Morgan fingerprint density at radius 1 is 1.05 bits per heavy atom. The van der Waals surface area contributed by atoms with Crippen molar-refractivity contribution in [1.82, 2.24) is 4.90 Å². The largest absolute Gasteiger partial charge is 0.469 e. The maximum absolute atomic E-state index is 12.5. The number of esters is 1. The number of amides is 1. The SMILES string of the molecule is CCCCCCN(CCC(=O)OC)C(=O)c1ccccc1. The number of carbonyl (C=O) groups is 2. The van der Waals surface area contributed by atoms with Gasteiger partial charge in [0.1, 0.15) is 0 Å². The number of hydrogen-bond acceptors (Lipinski definition) is 3. The van der Waals surface area contributed by atoms with E-state index in [0.29, 0.717) is 18.7 Å². The fourth-order valence-corrected chi connectivity index (χ4v) is 2.14. The third kappa shape index (κ3) is 6.43. The van der Waals surface area contributed by atoms with Crippen molar-refractivity contribution in [1.29, 1.82) is 0 Å². The molecule has 0 aliphatic heterocycles. The van der Waals surface area contributed by atoms with Crippen LogP contribution in [0.4, 0.5) is 0 Å². The first-order valence-electron chi connectivity index (χ1n) is 7.60. The van der Waals surface area contributed by atoms with E-state index < -0.39 is 0 Å². The highest BCUT2D eigenvalue weighted by molar-refractivity contribution is 5.94. The van der Waals surface area contributed by atoms with Crippen LogP contribution in [0.1, 0.15) is 49.4 Å². The van der Waals surface area contributed by atoms with E-state index in [1.54, 1.807) is 17.0 Å². The van der Waals surface area contributed by atoms with Crippen molar-refractivity contribution in [3.63, 3.8) is 0 Å². The van der Waals surface area contributed by atoms with E-state index in [4.69, 9.17) is 0 Å². The minimum Gasteiger partial charge on any atom is -0.469 e. The maximum atomic E-state index is 12.5.